The molecule has 1 saturated heterocycles. The van der Waals surface area contributed by atoms with Gasteiger partial charge in [0.05, 0.1) is 4.90 Å². The Morgan fingerprint density at radius 3 is 2.29 bits per heavy atom. The average molecular weight is 409 g/mol. The number of hydrogen-bond acceptors (Lipinski definition) is 3. The summed E-state index contributed by atoms with van der Waals surface area (Å²) in [5.41, 5.74) is 2.52. The van der Waals surface area contributed by atoms with E-state index in [-0.39, 0.29) is 0 Å². The highest BCUT2D eigenvalue weighted by Gasteiger charge is 2.28. The van der Waals surface area contributed by atoms with Crippen LogP contribution < -0.4 is 0 Å². The molecule has 0 aromatic heterocycles. The van der Waals surface area contributed by atoms with Crippen molar-refractivity contribution in [3.05, 3.63) is 64.1 Å². The van der Waals surface area contributed by atoms with Gasteiger partial charge < -0.3 is 0 Å². The van der Waals surface area contributed by atoms with Gasteiger partial charge in [-0.25, -0.2) is 8.42 Å². The molecule has 4 nitrogen and oxygen atoms in total. The molecule has 24 heavy (non-hydrogen) atoms. The molecule has 0 saturated carbocycles. The number of nitrogens with zero attached hydrogens (tertiary/aromatic N) is 2. The highest BCUT2D eigenvalue weighted by molar-refractivity contribution is 9.10. The summed E-state index contributed by atoms with van der Waals surface area (Å²) >= 11 is 3.34. The molecule has 0 N–H and O–H groups in total. The van der Waals surface area contributed by atoms with Gasteiger partial charge in [0.25, 0.3) is 0 Å². The minimum atomic E-state index is -3.41. The first-order valence-corrected chi connectivity index (χ1v) is 10.2. The molecule has 2 aromatic carbocycles. The minimum Gasteiger partial charge on any atom is -0.296 e. The van der Waals surface area contributed by atoms with Crippen molar-refractivity contribution in [3.63, 3.8) is 0 Å². The predicted octanol–water partition coefficient (Wildman–Crippen LogP) is 3.26. The van der Waals surface area contributed by atoms with Gasteiger partial charge in [0.1, 0.15) is 0 Å². The molecule has 3 rings (SSSR count). The van der Waals surface area contributed by atoms with E-state index in [1.54, 1.807) is 22.5 Å². The van der Waals surface area contributed by atoms with E-state index >= 15 is 0 Å². The molecule has 6 heteroatoms. The number of sulfonamides is 1. The highest BCUT2D eigenvalue weighted by atomic mass is 79.9. The van der Waals surface area contributed by atoms with E-state index in [4.69, 9.17) is 0 Å². The van der Waals surface area contributed by atoms with Gasteiger partial charge in [-0.05, 0) is 30.7 Å². The Hall–Kier alpha value is -1.21. The maximum Gasteiger partial charge on any atom is 0.243 e. The lowest BCUT2D eigenvalue weighted by atomic mass is 10.1. The lowest BCUT2D eigenvalue weighted by Crippen LogP contribution is -2.48. The van der Waals surface area contributed by atoms with E-state index in [0.29, 0.717) is 18.0 Å². The van der Waals surface area contributed by atoms with E-state index in [2.05, 4.69) is 52.0 Å². The summed E-state index contributed by atoms with van der Waals surface area (Å²) in [6.07, 6.45) is 0. The van der Waals surface area contributed by atoms with Crippen molar-refractivity contribution in [1.82, 2.24) is 9.21 Å². The highest BCUT2D eigenvalue weighted by Crippen LogP contribution is 2.21. The Morgan fingerprint density at radius 2 is 1.67 bits per heavy atom. The molecule has 0 atom stereocenters. The first-order valence-electron chi connectivity index (χ1n) is 7.99. The first kappa shape index (κ1) is 17.6. The van der Waals surface area contributed by atoms with Crippen molar-refractivity contribution in [3.8, 4) is 0 Å². The summed E-state index contributed by atoms with van der Waals surface area (Å²) in [4.78, 5) is 2.65. The van der Waals surface area contributed by atoms with Crippen LogP contribution in [0.5, 0.6) is 0 Å². The van der Waals surface area contributed by atoms with Gasteiger partial charge in [0.2, 0.25) is 10.0 Å². The molecule has 0 radical (unpaired) electrons. The second kappa shape index (κ2) is 7.35. The zero-order valence-corrected chi connectivity index (χ0v) is 16.1. The fourth-order valence-corrected chi connectivity index (χ4v) is 4.88. The summed E-state index contributed by atoms with van der Waals surface area (Å²) in [6, 6.07) is 15.4. The molecule has 0 aliphatic carbocycles. The molecule has 1 aliphatic heterocycles. The van der Waals surface area contributed by atoms with Crippen LogP contribution in [0.15, 0.2) is 57.9 Å². The van der Waals surface area contributed by atoms with E-state index in [1.165, 1.54) is 11.1 Å². The Balaban J connectivity index is 1.63. The van der Waals surface area contributed by atoms with Crippen LogP contribution in [0, 0.1) is 6.92 Å². The summed E-state index contributed by atoms with van der Waals surface area (Å²) < 4.78 is 27.8. The van der Waals surface area contributed by atoms with Crippen molar-refractivity contribution in [2.75, 3.05) is 26.2 Å². The smallest absolute Gasteiger partial charge is 0.243 e. The Labute approximate surface area is 152 Å². The third-order valence-electron chi connectivity index (χ3n) is 4.29. The summed E-state index contributed by atoms with van der Waals surface area (Å²) in [7, 11) is -3.41. The van der Waals surface area contributed by atoms with Crippen LogP contribution in [0.4, 0.5) is 0 Å². The average Bonchev–Trinajstić information content (AvgIpc) is 2.57. The van der Waals surface area contributed by atoms with Crippen molar-refractivity contribution >= 4 is 26.0 Å². The summed E-state index contributed by atoms with van der Waals surface area (Å²) in [6.45, 7) is 5.50. The molecule has 2 aromatic rings. The molecule has 0 unspecified atom stereocenters. The lowest BCUT2D eigenvalue weighted by Gasteiger charge is -2.34. The summed E-state index contributed by atoms with van der Waals surface area (Å²) in [5, 5.41) is 0. The first-order chi connectivity index (χ1) is 11.4. The number of hydrogen-bond donors (Lipinski definition) is 0. The van der Waals surface area contributed by atoms with Gasteiger partial charge in [-0.1, -0.05) is 51.8 Å². The van der Waals surface area contributed by atoms with Gasteiger partial charge in [-0.2, -0.15) is 4.31 Å². The van der Waals surface area contributed by atoms with E-state index in [0.717, 1.165) is 24.1 Å². The number of benzene rings is 2. The largest absolute Gasteiger partial charge is 0.296 e. The molecule has 0 bridgehead atoms. The van der Waals surface area contributed by atoms with Crippen LogP contribution in [0.3, 0.4) is 0 Å². The lowest BCUT2D eigenvalue weighted by molar-refractivity contribution is 0.181. The second-order valence-electron chi connectivity index (χ2n) is 6.12. The second-order valence-corrected chi connectivity index (χ2v) is 8.98. The fraction of sp³-hybridized carbons (Fsp3) is 0.333. The van der Waals surface area contributed by atoms with Crippen molar-refractivity contribution in [2.24, 2.45) is 0 Å². The molecular weight excluding hydrogens is 388 g/mol. The Kier molecular flexibility index (Phi) is 5.39. The van der Waals surface area contributed by atoms with Crippen LogP contribution in [-0.4, -0.2) is 43.8 Å². The van der Waals surface area contributed by atoms with E-state index in [1.807, 2.05) is 6.07 Å². The monoisotopic (exact) mass is 408 g/mol. The molecule has 0 spiro atoms. The number of piperazine rings is 1. The molecule has 1 fully saturated rings. The van der Waals surface area contributed by atoms with Gasteiger partial charge in [-0.15, -0.1) is 0 Å². The van der Waals surface area contributed by atoms with Crippen molar-refractivity contribution in [1.29, 1.82) is 0 Å². The van der Waals surface area contributed by atoms with Crippen LogP contribution in [0.1, 0.15) is 11.1 Å². The van der Waals surface area contributed by atoms with Gasteiger partial charge in [-0.3, -0.25) is 4.90 Å². The third kappa shape index (κ3) is 4.06. The molecule has 1 aliphatic rings. The summed E-state index contributed by atoms with van der Waals surface area (Å²) in [5.74, 6) is 0. The van der Waals surface area contributed by atoms with Gasteiger partial charge in [0, 0.05) is 37.2 Å². The molecule has 128 valence electrons. The molecule has 1 heterocycles. The van der Waals surface area contributed by atoms with Crippen LogP contribution in [0.25, 0.3) is 0 Å². The van der Waals surface area contributed by atoms with Crippen molar-refractivity contribution in [2.45, 2.75) is 18.4 Å². The zero-order chi connectivity index (χ0) is 17.2. The van der Waals surface area contributed by atoms with Crippen LogP contribution in [-0.2, 0) is 16.6 Å². The Bertz CT molecular complexity index is 798. The SMILES string of the molecule is Cc1ccc(CN2CCN(S(=O)(=O)c3cccc(Br)c3)CC2)cc1. The zero-order valence-electron chi connectivity index (χ0n) is 13.7. The topological polar surface area (TPSA) is 40.6 Å². The molecular formula is C18H21BrN2O2S. The van der Waals surface area contributed by atoms with Gasteiger partial charge in [0.15, 0.2) is 0 Å². The number of halogens is 1. The molecule has 0 amide bonds. The Morgan fingerprint density at radius 1 is 1.00 bits per heavy atom. The quantitative estimate of drug-likeness (QED) is 0.779. The van der Waals surface area contributed by atoms with E-state index < -0.39 is 10.0 Å². The maximum atomic E-state index is 12.7. The maximum absolute atomic E-state index is 12.7. The third-order valence-corrected chi connectivity index (χ3v) is 6.68. The number of rotatable bonds is 4. The normalized spacial score (nSPS) is 17.1. The van der Waals surface area contributed by atoms with Crippen LogP contribution >= 0.6 is 15.9 Å². The minimum absolute atomic E-state index is 0.351. The number of aryl methyl sites for hydroxylation is 1. The van der Waals surface area contributed by atoms with E-state index in [9.17, 15) is 8.42 Å². The fourth-order valence-electron chi connectivity index (χ4n) is 2.86. The van der Waals surface area contributed by atoms with Crippen LogP contribution in [0.2, 0.25) is 0 Å². The van der Waals surface area contributed by atoms with Crippen molar-refractivity contribution < 1.29 is 8.42 Å². The standard InChI is InChI=1S/C18H21BrN2O2S/c1-15-5-7-16(8-6-15)14-20-9-11-21(12-10-20)24(22,23)18-4-2-3-17(19)13-18/h2-8,13H,9-12,14H2,1H3. The predicted molar refractivity (Wildman–Crippen MR) is 99.4 cm³/mol. The van der Waals surface area contributed by atoms with Gasteiger partial charge >= 0.3 is 0 Å².